The van der Waals surface area contributed by atoms with Gasteiger partial charge in [-0.05, 0) is 48.6 Å². The first kappa shape index (κ1) is 21.1. The summed E-state index contributed by atoms with van der Waals surface area (Å²) in [4.78, 5) is 14.0. The van der Waals surface area contributed by atoms with Crippen molar-refractivity contribution in [3.05, 3.63) is 35.4 Å². The molecule has 1 aliphatic carbocycles. The first-order chi connectivity index (χ1) is 13.1. The molecule has 1 saturated carbocycles. The van der Waals surface area contributed by atoms with Crippen molar-refractivity contribution in [2.24, 2.45) is 23.5 Å². The molecule has 7 heteroatoms. The molecule has 28 heavy (non-hydrogen) atoms. The zero-order valence-electron chi connectivity index (χ0n) is 16.5. The molecule has 4 nitrogen and oxygen atoms in total. The maximum Gasteiger partial charge on any atom is 0.416 e. The van der Waals surface area contributed by atoms with Gasteiger partial charge < -0.3 is 11.1 Å². The second-order valence-electron chi connectivity index (χ2n) is 8.75. The van der Waals surface area contributed by atoms with E-state index in [1.165, 1.54) is 12.1 Å². The Kier molecular flexibility index (Phi) is 6.34. The summed E-state index contributed by atoms with van der Waals surface area (Å²) in [5, 5.41) is 3.48. The van der Waals surface area contributed by atoms with Gasteiger partial charge in [-0.3, -0.25) is 9.69 Å². The monoisotopic (exact) mass is 397 g/mol. The molecular weight excluding hydrogens is 367 g/mol. The molecule has 0 radical (unpaired) electrons. The predicted molar refractivity (Wildman–Crippen MR) is 102 cm³/mol. The third-order valence-electron chi connectivity index (χ3n) is 6.06. The number of benzene rings is 1. The number of amides is 1. The van der Waals surface area contributed by atoms with Gasteiger partial charge in [0.1, 0.15) is 0 Å². The van der Waals surface area contributed by atoms with E-state index in [2.05, 4.69) is 24.1 Å². The van der Waals surface area contributed by atoms with Crippen molar-refractivity contribution in [1.82, 2.24) is 10.2 Å². The van der Waals surface area contributed by atoms with E-state index in [4.69, 9.17) is 5.73 Å². The second kappa shape index (κ2) is 8.41. The lowest BCUT2D eigenvalue weighted by atomic mass is 9.95. The number of nitrogens with zero attached hydrogens (tertiary/aromatic N) is 1. The fourth-order valence-corrected chi connectivity index (χ4v) is 4.79. The minimum Gasteiger partial charge on any atom is -0.368 e. The Morgan fingerprint density at radius 1 is 1.29 bits per heavy atom. The highest BCUT2D eigenvalue weighted by atomic mass is 19.4. The van der Waals surface area contributed by atoms with Gasteiger partial charge in [-0.15, -0.1) is 0 Å². The SMILES string of the molecule is CC(C)C[C@H](N[C@H]1CC[C@H]2CN(Cc3cccc(C(F)(F)F)c3)C[C@H]21)C(N)=O. The van der Waals surface area contributed by atoms with Gasteiger partial charge in [-0.25, -0.2) is 0 Å². The molecule has 156 valence electrons. The number of hydrogen-bond acceptors (Lipinski definition) is 3. The number of hydrogen-bond donors (Lipinski definition) is 2. The Morgan fingerprint density at radius 2 is 2.04 bits per heavy atom. The molecule has 1 aromatic rings. The number of rotatable bonds is 7. The molecule has 4 atom stereocenters. The van der Waals surface area contributed by atoms with E-state index in [1.54, 1.807) is 6.07 Å². The summed E-state index contributed by atoms with van der Waals surface area (Å²) in [7, 11) is 0. The summed E-state index contributed by atoms with van der Waals surface area (Å²) in [6, 6.07) is 5.51. The molecule has 1 heterocycles. The fraction of sp³-hybridized carbons (Fsp3) is 0.667. The number of halogens is 3. The van der Waals surface area contributed by atoms with Gasteiger partial charge in [0.15, 0.2) is 0 Å². The first-order valence-corrected chi connectivity index (χ1v) is 10.1. The molecule has 0 unspecified atom stereocenters. The third-order valence-corrected chi connectivity index (χ3v) is 6.06. The van der Waals surface area contributed by atoms with Crippen LogP contribution in [0.1, 0.15) is 44.2 Å². The summed E-state index contributed by atoms with van der Waals surface area (Å²) in [5.41, 5.74) is 5.67. The fourth-order valence-electron chi connectivity index (χ4n) is 4.79. The lowest BCUT2D eigenvalue weighted by Crippen LogP contribution is -2.49. The smallest absolute Gasteiger partial charge is 0.368 e. The zero-order chi connectivity index (χ0) is 20.5. The summed E-state index contributed by atoms with van der Waals surface area (Å²) >= 11 is 0. The van der Waals surface area contributed by atoms with Crippen molar-refractivity contribution in [3.63, 3.8) is 0 Å². The van der Waals surface area contributed by atoms with Crippen LogP contribution < -0.4 is 11.1 Å². The molecule has 1 saturated heterocycles. The van der Waals surface area contributed by atoms with E-state index in [0.29, 0.717) is 29.9 Å². The van der Waals surface area contributed by atoms with E-state index < -0.39 is 11.7 Å². The molecule has 1 aromatic carbocycles. The van der Waals surface area contributed by atoms with E-state index >= 15 is 0 Å². The van der Waals surface area contributed by atoms with Gasteiger partial charge in [0.05, 0.1) is 11.6 Å². The minimum atomic E-state index is -4.31. The van der Waals surface area contributed by atoms with Crippen molar-refractivity contribution in [2.45, 2.75) is 57.9 Å². The molecule has 0 aromatic heterocycles. The molecule has 1 amide bonds. The van der Waals surface area contributed by atoms with Crippen LogP contribution in [0.5, 0.6) is 0 Å². The molecule has 2 fully saturated rings. The van der Waals surface area contributed by atoms with Gasteiger partial charge in [-0.1, -0.05) is 32.0 Å². The molecule has 3 rings (SSSR count). The number of carbonyl (C=O) groups is 1. The highest BCUT2D eigenvalue weighted by molar-refractivity contribution is 5.79. The van der Waals surface area contributed by atoms with Crippen LogP contribution in [0.4, 0.5) is 13.2 Å². The van der Waals surface area contributed by atoms with E-state index in [-0.39, 0.29) is 18.0 Å². The van der Waals surface area contributed by atoms with Crippen LogP contribution in [-0.4, -0.2) is 36.0 Å². The van der Waals surface area contributed by atoms with Crippen LogP contribution in [0.25, 0.3) is 0 Å². The van der Waals surface area contributed by atoms with Crippen LogP contribution in [-0.2, 0) is 17.5 Å². The topological polar surface area (TPSA) is 58.4 Å². The van der Waals surface area contributed by atoms with Crippen LogP contribution >= 0.6 is 0 Å². The largest absolute Gasteiger partial charge is 0.416 e. The Morgan fingerprint density at radius 3 is 2.68 bits per heavy atom. The first-order valence-electron chi connectivity index (χ1n) is 10.1. The maximum atomic E-state index is 12.9. The number of nitrogens with one attached hydrogen (secondary N) is 1. The summed E-state index contributed by atoms with van der Waals surface area (Å²) in [5.74, 6) is 1.01. The zero-order valence-corrected chi connectivity index (χ0v) is 16.5. The van der Waals surface area contributed by atoms with Crippen molar-refractivity contribution < 1.29 is 18.0 Å². The predicted octanol–water partition coefficient (Wildman–Crippen LogP) is 3.41. The molecule has 2 aliphatic rings. The van der Waals surface area contributed by atoms with Gasteiger partial charge in [0.25, 0.3) is 0 Å². The Balaban J connectivity index is 1.61. The van der Waals surface area contributed by atoms with E-state index in [0.717, 1.165) is 38.4 Å². The highest BCUT2D eigenvalue weighted by Gasteiger charge is 2.43. The number of fused-ring (bicyclic) bond motifs is 1. The quantitative estimate of drug-likeness (QED) is 0.741. The Labute approximate surface area is 164 Å². The Bertz CT molecular complexity index is 692. The third kappa shape index (κ3) is 5.06. The van der Waals surface area contributed by atoms with Gasteiger partial charge >= 0.3 is 6.18 Å². The standard InChI is InChI=1S/C21H30F3N3O/c1-13(2)8-19(20(25)28)26-18-7-6-15-11-27(12-17(15)18)10-14-4-3-5-16(9-14)21(22,23)24/h3-5,9,13,15,17-19,26H,6-8,10-12H2,1-2H3,(H2,25,28)/t15-,17+,18-,19-/m0/s1. The maximum absolute atomic E-state index is 12.9. The lowest BCUT2D eigenvalue weighted by molar-refractivity contribution is -0.137. The van der Waals surface area contributed by atoms with Crippen molar-refractivity contribution in [1.29, 1.82) is 0 Å². The average molecular weight is 397 g/mol. The molecule has 0 bridgehead atoms. The van der Waals surface area contributed by atoms with Crippen LogP contribution in [0.3, 0.4) is 0 Å². The molecule has 3 N–H and O–H groups in total. The van der Waals surface area contributed by atoms with Crippen LogP contribution in [0.2, 0.25) is 0 Å². The van der Waals surface area contributed by atoms with Crippen molar-refractivity contribution >= 4 is 5.91 Å². The summed E-state index contributed by atoms with van der Waals surface area (Å²) in [6.45, 7) is 6.40. The van der Waals surface area contributed by atoms with Crippen molar-refractivity contribution in [2.75, 3.05) is 13.1 Å². The lowest BCUT2D eigenvalue weighted by Gasteiger charge is -2.26. The molecule has 1 aliphatic heterocycles. The average Bonchev–Trinajstić information content (AvgIpc) is 3.14. The number of alkyl halides is 3. The van der Waals surface area contributed by atoms with Gasteiger partial charge in [0.2, 0.25) is 5.91 Å². The minimum absolute atomic E-state index is 0.243. The van der Waals surface area contributed by atoms with Gasteiger partial charge in [0, 0.05) is 25.7 Å². The summed E-state index contributed by atoms with van der Waals surface area (Å²) in [6.07, 6.45) is -1.49. The number of primary amides is 1. The number of carbonyl (C=O) groups excluding carboxylic acids is 1. The van der Waals surface area contributed by atoms with E-state index in [9.17, 15) is 18.0 Å². The van der Waals surface area contributed by atoms with Crippen LogP contribution in [0, 0.1) is 17.8 Å². The number of likely N-dealkylation sites (tertiary alicyclic amines) is 1. The van der Waals surface area contributed by atoms with Gasteiger partial charge in [-0.2, -0.15) is 13.2 Å². The normalized spacial score (nSPS) is 26.6. The highest BCUT2D eigenvalue weighted by Crippen LogP contribution is 2.39. The Hall–Kier alpha value is -1.60. The van der Waals surface area contributed by atoms with Crippen LogP contribution in [0.15, 0.2) is 24.3 Å². The second-order valence-corrected chi connectivity index (χ2v) is 8.75. The molecular formula is C21H30F3N3O. The van der Waals surface area contributed by atoms with Crippen molar-refractivity contribution in [3.8, 4) is 0 Å². The van der Waals surface area contributed by atoms with E-state index in [1.807, 2.05) is 0 Å². The number of nitrogens with two attached hydrogens (primary N) is 1. The molecule has 0 spiro atoms. The summed E-state index contributed by atoms with van der Waals surface area (Å²) < 4.78 is 38.8.